The minimum absolute atomic E-state index is 0.0231. The van der Waals surface area contributed by atoms with Gasteiger partial charge in [0.25, 0.3) is 0 Å². The molecule has 1 heterocycles. The molecule has 46 valence electrons. The van der Waals surface area contributed by atoms with Gasteiger partial charge in [-0.2, -0.15) is 0 Å². The number of nitrogens with two attached hydrogens (primary N) is 1. The van der Waals surface area contributed by atoms with Crippen LogP contribution in [0.2, 0.25) is 0 Å². The molecular formula is C5H10N2O. The van der Waals surface area contributed by atoms with Crippen LogP contribution in [0, 0.1) is 0 Å². The molecule has 0 bridgehead atoms. The second kappa shape index (κ2) is 1.74. The normalized spacial score (nSPS) is 29.4. The molecule has 0 aromatic heterocycles. The van der Waals surface area contributed by atoms with Gasteiger partial charge in [-0.15, -0.1) is 0 Å². The minimum atomic E-state index is -0.196. The molecule has 3 heteroatoms. The molecule has 1 aliphatic rings. The highest BCUT2D eigenvalue weighted by molar-refractivity contribution is 5.80. The Labute approximate surface area is 48.5 Å². The predicted octanol–water partition coefficient (Wildman–Crippen LogP) is -0.824. The number of rotatable bonds is 1. The molecule has 0 aromatic rings. The Morgan fingerprint density at radius 2 is 2.50 bits per heavy atom. The van der Waals surface area contributed by atoms with Gasteiger partial charge in [0.2, 0.25) is 5.91 Å². The van der Waals surface area contributed by atoms with Crippen molar-refractivity contribution >= 4 is 5.91 Å². The van der Waals surface area contributed by atoms with Crippen molar-refractivity contribution in [1.82, 2.24) is 4.90 Å². The highest BCUT2D eigenvalue weighted by atomic mass is 16.1. The topological polar surface area (TPSA) is 46.3 Å². The van der Waals surface area contributed by atoms with Crippen LogP contribution in [0.25, 0.3) is 0 Å². The standard InChI is InChI=1S/C5H10N2O/c1-7-3-2-4(7)5(6)8/h4H,2-3H2,1H3,(H2,6,8). The van der Waals surface area contributed by atoms with Crippen LogP contribution in [0.5, 0.6) is 0 Å². The Bertz CT molecular complexity index is 113. The number of amides is 1. The van der Waals surface area contributed by atoms with Gasteiger partial charge in [0.1, 0.15) is 0 Å². The number of hydrogen-bond donors (Lipinski definition) is 1. The zero-order valence-electron chi connectivity index (χ0n) is 4.92. The van der Waals surface area contributed by atoms with Crippen molar-refractivity contribution in [3.05, 3.63) is 0 Å². The minimum Gasteiger partial charge on any atom is -0.368 e. The van der Waals surface area contributed by atoms with Crippen molar-refractivity contribution in [2.75, 3.05) is 13.6 Å². The lowest BCUT2D eigenvalue weighted by Crippen LogP contribution is -2.52. The first kappa shape index (κ1) is 5.56. The molecular weight excluding hydrogens is 104 g/mol. The number of carbonyl (C=O) groups excluding carboxylic acids is 1. The maximum absolute atomic E-state index is 10.4. The Morgan fingerprint density at radius 1 is 1.88 bits per heavy atom. The van der Waals surface area contributed by atoms with Gasteiger partial charge in [0, 0.05) is 6.54 Å². The third-order valence-corrected chi connectivity index (χ3v) is 1.62. The highest BCUT2D eigenvalue weighted by Crippen LogP contribution is 2.12. The van der Waals surface area contributed by atoms with Crippen LogP contribution in [0.15, 0.2) is 0 Å². The molecule has 1 saturated heterocycles. The van der Waals surface area contributed by atoms with E-state index in [1.54, 1.807) is 0 Å². The maximum atomic E-state index is 10.4. The van der Waals surface area contributed by atoms with Crippen molar-refractivity contribution in [2.24, 2.45) is 5.73 Å². The molecule has 1 atom stereocenters. The van der Waals surface area contributed by atoms with Gasteiger partial charge < -0.3 is 5.73 Å². The molecule has 1 unspecified atom stereocenters. The van der Waals surface area contributed by atoms with E-state index in [2.05, 4.69) is 0 Å². The lowest BCUT2D eigenvalue weighted by Gasteiger charge is -2.34. The van der Waals surface area contributed by atoms with E-state index in [-0.39, 0.29) is 11.9 Å². The molecule has 1 rings (SSSR count). The van der Waals surface area contributed by atoms with Gasteiger partial charge >= 0.3 is 0 Å². The average molecular weight is 114 g/mol. The number of likely N-dealkylation sites (tertiary alicyclic amines) is 1. The lowest BCUT2D eigenvalue weighted by atomic mass is 10.0. The van der Waals surface area contributed by atoms with Gasteiger partial charge in [-0.3, -0.25) is 9.69 Å². The molecule has 2 N–H and O–H groups in total. The maximum Gasteiger partial charge on any atom is 0.234 e. The first-order valence-electron chi connectivity index (χ1n) is 2.71. The van der Waals surface area contributed by atoms with Gasteiger partial charge in [-0.25, -0.2) is 0 Å². The second-order valence-electron chi connectivity index (χ2n) is 2.19. The van der Waals surface area contributed by atoms with Crippen molar-refractivity contribution in [3.8, 4) is 0 Å². The van der Waals surface area contributed by atoms with Crippen LogP contribution in [-0.4, -0.2) is 30.4 Å². The molecule has 8 heavy (non-hydrogen) atoms. The van der Waals surface area contributed by atoms with Gasteiger partial charge in [-0.05, 0) is 13.5 Å². The third-order valence-electron chi connectivity index (χ3n) is 1.62. The van der Waals surface area contributed by atoms with Crippen molar-refractivity contribution in [1.29, 1.82) is 0 Å². The molecule has 0 aliphatic carbocycles. The first-order chi connectivity index (χ1) is 3.72. The molecule has 1 aliphatic heterocycles. The zero-order valence-corrected chi connectivity index (χ0v) is 4.92. The molecule has 0 spiro atoms. The molecule has 0 saturated carbocycles. The number of likely N-dealkylation sites (N-methyl/N-ethyl adjacent to an activating group) is 1. The fourth-order valence-corrected chi connectivity index (χ4v) is 0.876. The Balaban J connectivity index is 2.37. The predicted molar refractivity (Wildman–Crippen MR) is 30.2 cm³/mol. The monoisotopic (exact) mass is 114 g/mol. The van der Waals surface area contributed by atoms with E-state index >= 15 is 0 Å². The van der Waals surface area contributed by atoms with E-state index in [0.717, 1.165) is 13.0 Å². The van der Waals surface area contributed by atoms with Crippen LogP contribution >= 0.6 is 0 Å². The largest absolute Gasteiger partial charge is 0.368 e. The van der Waals surface area contributed by atoms with E-state index in [0.29, 0.717) is 0 Å². The summed E-state index contributed by atoms with van der Waals surface area (Å²) in [5.74, 6) is -0.196. The van der Waals surface area contributed by atoms with Crippen molar-refractivity contribution in [2.45, 2.75) is 12.5 Å². The van der Waals surface area contributed by atoms with Crippen molar-refractivity contribution < 1.29 is 4.79 Å². The Morgan fingerprint density at radius 3 is 2.50 bits per heavy atom. The van der Waals surface area contributed by atoms with Crippen LogP contribution < -0.4 is 5.73 Å². The summed E-state index contributed by atoms with van der Waals surface area (Å²) in [7, 11) is 1.90. The van der Waals surface area contributed by atoms with E-state index in [1.165, 1.54) is 0 Å². The average Bonchev–Trinajstić information content (AvgIpc) is 1.61. The molecule has 3 nitrogen and oxygen atoms in total. The van der Waals surface area contributed by atoms with E-state index in [4.69, 9.17) is 5.73 Å². The highest BCUT2D eigenvalue weighted by Gasteiger charge is 2.28. The second-order valence-corrected chi connectivity index (χ2v) is 2.19. The summed E-state index contributed by atoms with van der Waals surface area (Å²) >= 11 is 0. The van der Waals surface area contributed by atoms with E-state index < -0.39 is 0 Å². The molecule has 1 fully saturated rings. The Kier molecular flexibility index (Phi) is 1.21. The van der Waals surface area contributed by atoms with Crippen molar-refractivity contribution in [3.63, 3.8) is 0 Å². The molecule has 0 radical (unpaired) electrons. The summed E-state index contributed by atoms with van der Waals surface area (Å²) in [6, 6.07) is 0.0231. The quantitative estimate of drug-likeness (QED) is 0.484. The zero-order chi connectivity index (χ0) is 6.15. The van der Waals surface area contributed by atoms with Gasteiger partial charge in [0.05, 0.1) is 6.04 Å². The summed E-state index contributed by atoms with van der Waals surface area (Å²) in [4.78, 5) is 12.3. The summed E-state index contributed by atoms with van der Waals surface area (Å²) in [5, 5.41) is 0. The summed E-state index contributed by atoms with van der Waals surface area (Å²) < 4.78 is 0. The Hall–Kier alpha value is -0.570. The van der Waals surface area contributed by atoms with Gasteiger partial charge in [-0.1, -0.05) is 0 Å². The smallest absolute Gasteiger partial charge is 0.234 e. The lowest BCUT2D eigenvalue weighted by molar-refractivity contribution is -0.126. The SMILES string of the molecule is CN1CCC1C(N)=O. The van der Waals surface area contributed by atoms with Crippen LogP contribution in [0.3, 0.4) is 0 Å². The number of primary amides is 1. The fraction of sp³-hybridized carbons (Fsp3) is 0.800. The molecule has 1 amide bonds. The van der Waals surface area contributed by atoms with E-state index in [1.807, 2.05) is 11.9 Å². The number of hydrogen-bond acceptors (Lipinski definition) is 2. The summed E-state index contributed by atoms with van der Waals surface area (Å²) in [5.41, 5.74) is 5.01. The van der Waals surface area contributed by atoms with Crippen LogP contribution in [0.4, 0.5) is 0 Å². The summed E-state index contributed by atoms with van der Waals surface area (Å²) in [6.07, 6.45) is 0.936. The third kappa shape index (κ3) is 0.690. The molecule has 0 aromatic carbocycles. The fourth-order valence-electron chi connectivity index (χ4n) is 0.876. The first-order valence-corrected chi connectivity index (χ1v) is 2.71. The van der Waals surface area contributed by atoms with Crippen LogP contribution in [-0.2, 0) is 4.79 Å². The van der Waals surface area contributed by atoms with Crippen LogP contribution in [0.1, 0.15) is 6.42 Å². The number of nitrogens with zero attached hydrogens (tertiary/aromatic N) is 1. The van der Waals surface area contributed by atoms with Gasteiger partial charge in [0.15, 0.2) is 0 Å². The number of carbonyl (C=O) groups is 1. The summed E-state index contributed by atoms with van der Waals surface area (Å²) in [6.45, 7) is 1.01. The van der Waals surface area contributed by atoms with E-state index in [9.17, 15) is 4.79 Å².